The van der Waals surface area contributed by atoms with Crippen molar-refractivity contribution in [3.63, 3.8) is 0 Å². The van der Waals surface area contributed by atoms with Crippen molar-refractivity contribution >= 4 is 60.3 Å². The molecule has 0 radical (unpaired) electrons. The quantitative estimate of drug-likeness (QED) is 0.319. The van der Waals surface area contributed by atoms with Gasteiger partial charge in [-0.15, -0.1) is 11.3 Å². The Morgan fingerprint density at radius 2 is 1.69 bits per heavy atom. The highest BCUT2D eigenvalue weighted by Gasteiger charge is 2.26. The Hall–Kier alpha value is -3.27. The molecule has 35 heavy (non-hydrogen) atoms. The molecule has 182 valence electrons. The number of nitrogens with one attached hydrogen (secondary N) is 1. The van der Waals surface area contributed by atoms with Gasteiger partial charge in [0.2, 0.25) is 0 Å². The first-order chi connectivity index (χ1) is 16.6. The number of methoxy groups -OCH3 is 2. The Morgan fingerprint density at radius 1 is 0.971 bits per heavy atom. The number of aryl methyl sites for hydroxylation is 1. The van der Waals surface area contributed by atoms with Gasteiger partial charge in [-0.3, -0.25) is 9.10 Å². The number of carbonyl (C=O) groups is 1. The topological polar surface area (TPSA) is 84.9 Å². The van der Waals surface area contributed by atoms with Crippen LogP contribution in [0.25, 0.3) is 10.1 Å². The van der Waals surface area contributed by atoms with Crippen molar-refractivity contribution in [3.05, 3.63) is 76.1 Å². The van der Waals surface area contributed by atoms with Gasteiger partial charge in [0, 0.05) is 16.8 Å². The number of rotatable bonds is 7. The van der Waals surface area contributed by atoms with Gasteiger partial charge in [-0.1, -0.05) is 17.7 Å². The van der Waals surface area contributed by atoms with Crippen LogP contribution in [0.1, 0.15) is 15.2 Å². The van der Waals surface area contributed by atoms with E-state index in [2.05, 4.69) is 5.32 Å². The minimum atomic E-state index is -3.88. The van der Waals surface area contributed by atoms with Crippen LogP contribution in [-0.4, -0.2) is 35.6 Å². The number of amides is 1. The molecular weight excluding hydrogens is 508 g/mol. The molecule has 0 atom stereocenters. The number of thiophene rings is 1. The normalized spacial score (nSPS) is 11.3. The maximum atomic E-state index is 13.4. The zero-order valence-corrected chi connectivity index (χ0v) is 21.8. The standard InChI is InChI=1S/C25H23ClN2O5S2/c1-15-5-8-21(33-4)24(11-15)35(30,31)28(2)18-7-10-22-16(12-18)13-23(34-22)25(29)27-19-14-17(26)6-9-20(19)32-3/h5-14H,1-4H3,(H,27,29). The fraction of sp³-hybridized carbons (Fsp3) is 0.160. The number of ether oxygens (including phenoxy) is 2. The molecule has 1 heterocycles. The highest BCUT2D eigenvalue weighted by Crippen LogP contribution is 2.34. The fourth-order valence-corrected chi connectivity index (χ4v) is 6.11. The SMILES string of the molecule is COc1ccc(Cl)cc1NC(=O)c1cc2cc(N(C)S(=O)(=O)c3cc(C)ccc3OC)ccc2s1. The van der Waals surface area contributed by atoms with Gasteiger partial charge in [-0.05, 0) is 72.5 Å². The molecule has 0 aliphatic carbocycles. The predicted molar refractivity (Wildman–Crippen MR) is 141 cm³/mol. The summed E-state index contributed by atoms with van der Waals surface area (Å²) in [6.07, 6.45) is 0. The van der Waals surface area contributed by atoms with Crippen LogP contribution in [-0.2, 0) is 10.0 Å². The molecule has 0 fully saturated rings. The van der Waals surface area contributed by atoms with E-state index in [0.717, 1.165) is 15.6 Å². The van der Waals surface area contributed by atoms with Crippen LogP contribution in [0.3, 0.4) is 0 Å². The van der Waals surface area contributed by atoms with Gasteiger partial charge in [0.25, 0.3) is 15.9 Å². The van der Waals surface area contributed by atoms with Crippen molar-refractivity contribution in [3.8, 4) is 11.5 Å². The predicted octanol–water partition coefficient (Wildman–Crippen LogP) is 5.96. The summed E-state index contributed by atoms with van der Waals surface area (Å²) < 4.78 is 39.4. The molecule has 1 aromatic heterocycles. The zero-order chi connectivity index (χ0) is 25.3. The van der Waals surface area contributed by atoms with Gasteiger partial charge in [0.15, 0.2) is 0 Å². The maximum Gasteiger partial charge on any atom is 0.267 e. The number of fused-ring (bicyclic) bond motifs is 1. The smallest absolute Gasteiger partial charge is 0.267 e. The van der Waals surface area contributed by atoms with Crippen molar-refractivity contribution in [1.29, 1.82) is 0 Å². The van der Waals surface area contributed by atoms with E-state index in [1.165, 1.54) is 36.9 Å². The summed E-state index contributed by atoms with van der Waals surface area (Å²) in [5.41, 5.74) is 1.72. The number of benzene rings is 3. The third kappa shape index (κ3) is 4.93. The Labute approximate surface area is 212 Å². The van der Waals surface area contributed by atoms with Gasteiger partial charge in [0.05, 0.1) is 30.5 Å². The van der Waals surface area contributed by atoms with E-state index < -0.39 is 10.0 Å². The molecule has 4 aromatic rings. The first-order valence-corrected chi connectivity index (χ1v) is 13.1. The Bertz CT molecular complexity index is 1530. The summed E-state index contributed by atoms with van der Waals surface area (Å²) in [4.78, 5) is 13.5. The van der Waals surface area contributed by atoms with E-state index in [1.807, 2.05) is 6.92 Å². The minimum Gasteiger partial charge on any atom is -0.495 e. The second kappa shape index (κ2) is 9.77. The first kappa shape index (κ1) is 24.8. The van der Waals surface area contributed by atoms with E-state index in [9.17, 15) is 13.2 Å². The van der Waals surface area contributed by atoms with E-state index in [-0.39, 0.29) is 16.6 Å². The average molecular weight is 531 g/mol. The van der Waals surface area contributed by atoms with Gasteiger partial charge in [0.1, 0.15) is 16.4 Å². The molecule has 4 rings (SSSR count). The highest BCUT2D eigenvalue weighted by atomic mass is 35.5. The highest BCUT2D eigenvalue weighted by molar-refractivity contribution is 7.93. The number of nitrogens with zero attached hydrogens (tertiary/aromatic N) is 1. The fourth-order valence-electron chi connectivity index (χ4n) is 3.57. The molecule has 10 heteroatoms. The van der Waals surface area contributed by atoms with Gasteiger partial charge >= 0.3 is 0 Å². The summed E-state index contributed by atoms with van der Waals surface area (Å²) >= 11 is 7.36. The van der Waals surface area contributed by atoms with Gasteiger partial charge < -0.3 is 14.8 Å². The second-order valence-corrected chi connectivity index (χ2v) is 11.2. The second-order valence-electron chi connectivity index (χ2n) is 7.76. The monoisotopic (exact) mass is 530 g/mol. The van der Waals surface area contributed by atoms with Crippen molar-refractivity contribution in [2.75, 3.05) is 30.9 Å². The molecule has 0 aliphatic heterocycles. The van der Waals surface area contributed by atoms with Gasteiger partial charge in [-0.25, -0.2) is 8.42 Å². The molecule has 3 aromatic carbocycles. The lowest BCUT2D eigenvalue weighted by atomic mass is 10.2. The van der Waals surface area contributed by atoms with Gasteiger partial charge in [-0.2, -0.15) is 0 Å². The lowest BCUT2D eigenvalue weighted by molar-refractivity contribution is 0.103. The molecule has 1 N–H and O–H groups in total. The third-order valence-electron chi connectivity index (χ3n) is 5.45. The number of hydrogen-bond donors (Lipinski definition) is 1. The molecule has 7 nitrogen and oxygen atoms in total. The molecule has 0 saturated heterocycles. The van der Waals surface area contributed by atoms with Crippen molar-refractivity contribution in [2.45, 2.75) is 11.8 Å². The number of anilines is 2. The van der Waals surface area contributed by atoms with Crippen LogP contribution in [0.15, 0.2) is 65.6 Å². The van der Waals surface area contributed by atoms with E-state index >= 15 is 0 Å². The molecule has 0 aliphatic rings. The molecule has 0 spiro atoms. The van der Waals surface area contributed by atoms with Crippen LogP contribution in [0.5, 0.6) is 11.5 Å². The minimum absolute atomic E-state index is 0.0865. The maximum absolute atomic E-state index is 13.4. The third-order valence-corrected chi connectivity index (χ3v) is 8.61. The van der Waals surface area contributed by atoms with Crippen LogP contribution < -0.4 is 19.1 Å². The van der Waals surface area contributed by atoms with Crippen LogP contribution in [0, 0.1) is 6.92 Å². The van der Waals surface area contributed by atoms with Crippen molar-refractivity contribution < 1.29 is 22.7 Å². The largest absolute Gasteiger partial charge is 0.495 e. The van der Waals surface area contributed by atoms with Crippen LogP contribution in [0.2, 0.25) is 5.02 Å². The Kier molecular flexibility index (Phi) is 6.93. The lowest BCUT2D eigenvalue weighted by Gasteiger charge is -2.21. The summed E-state index contributed by atoms with van der Waals surface area (Å²) in [7, 11) is 0.556. The number of carbonyl (C=O) groups excluding carboxylic acids is 1. The van der Waals surface area contributed by atoms with Crippen LogP contribution in [0.4, 0.5) is 11.4 Å². The molecule has 1 amide bonds. The van der Waals surface area contributed by atoms with Crippen LogP contribution >= 0.6 is 22.9 Å². The Balaban J connectivity index is 1.65. The number of sulfonamides is 1. The van der Waals surface area contributed by atoms with E-state index in [1.54, 1.807) is 60.7 Å². The first-order valence-electron chi connectivity index (χ1n) is 10.5. The molecule has 0 saturated carbocycles. The summed E-state index contributed by atoms with van der Waals surface area (Å²) in [5, 5.41) is 4.04. The zero-order valence-electron chi connectivity index (χ0n) is 19.5. The number of halogens is 1. The summed E-state index contributed by atoms with van der Waals surface area (Å²) in [6.45, 7) is 1.82. The number of hydrogen-bond acceptors (Lipinski definition) is 6. The van der Waals surface area contributed by atoms with Crippen molar-refractivity contribution in [1.82, 2.24) is 0 Å². The molecule has 0 unspecified atom stereocenters. The van der Waals surface area contributed by atoms with E-state index in [4.69, 9.17) is 21.1 Å². The van der Waals surface area contributed by atoms with E-state index in [0.29, 0.717) is 27.0 Å². The molecular formula is C25H23ClN2O5S2. The average Bonchev–Trinajstić information content (AvgIpc) is 3.27. The summed E-state index contributed by atoms with van der Waals surface area (Å²) in [6, 6.07) is 16.9. The molecule has 0 bridgehead atoms. The Morgan fingerprint density at radius 3 is 2.40 bits per heavy atom. The van der Waals surface area contributed by atoms with Crippen molar-refractivity contribution in [2.24, 2.45) is 0 Å². The lowest BCUT2D eigenvalue weighted by Crippen LogP contribution is -2.27. The summed E-state index contributed by atoms with van der Waals surface area (Å²) in [5.74, 6) is 0.442.